The van der Waals surface area contributed by atoms with Gasteiger partial charge in [0.05, 0.1) is 10.2 Å². The van der Waals surface area contributed by atoms with Crippen LogP contribution >= 0.6 is 22.9 Å². The lowest BCUT2D eigenvalue weighted by Gasteiger charge is -2.00. The highest BCUT2D eigenvalue weighted by atomic mass is 35.5. The fourth-order valence-electron chi connectivity index (χ4n) is 2.33. The zero-order valence-corrected chi connectivity index (χ0v) is 14.4. The third kappa shape index (κ3) is 3.39. The third-order valence-corrected chi connectivity index (χ3v) is 4.75. The number of hydrogen-bond donors (Lipinski definition) is 0. The molecule has 1 aromatic heterocycles. The van der Waals surface area contributed by atoms with Gasteiger partial charge in [-0.2, -0.15) is 10.5 Å². The lowest BCUT2D eigenvalue weighted by molar-refractivity contribution is 0.988. The zero-order chi connectivity index (χ0) is 17.8. The minimum absolute atomic E-state index is 0.100. The van der Waals surface area contributed by atoms with Gasteiger partial charge in [-0.3, -0.25) is 9.36 Å². The fourth-order valence-corrected chi connectivity index (χ4v) is 3.58. The Hall–Kier alpha value is -3.12. The van der Waals surface area contributed by atoms with Gasteiger partial charge < -0.3 is 0 Å². The van der Waals surface area contributed by atoms with Gasteiger partial charge in [0.25, 0.3) is 5.56 Å². The molecule has 0 aliphatic carbocycles. The van der Waals surface area contributed by atoms with Crippen LogP contribution in [0.2, 0.25) is 5.02 Å². The van der Waals surface area contributed by atoms with Crippen LogP contribution in [-0.4, -0.2) is 4.57 Å². The summed E-state index contributed by atoms with van der Waals surface area (Å²) in [4.78, 5) is 12.9. The predicted molar refractivity (Wildman–Crippen MR) is 98.8 cm³/mol. The highest BCUT2D eigenvalue weighted by Crippen LogP contribution is 2.11. The monoisotopic (exact) mass is 363 g/mol. The predicted octanol–water partition coefficient (Wildman–Crippen LogP) is 2.58. The average Bonchev–Trinajstić information content (AvgIpc) is 2.93. The van der Waals surface area contributed by atoms with E-state index in [-0.39, 0.29) is 11.1 Å². The number of benzene rings is 2. The molecule has 0 saturated heterocycles. The summed E-state index contributed by atoms with van der Waals surface area (Å²) in [6.07, 6.45) is 1.70. The van der Waals surface area contributed by atoms with Crippen LogP contribution in [0.5, 0.6) is 0 Å². The van der Waals surface area contributed by atoms with Gasteiger partial charge in [0.2, 0.25) is 0 Å². The van der Waals surface area contributed by atoms with Crippen molar-refractivity contribution in [1.82, 2.24) is 4.57 Å². The molecule has 0 aliphatic rings. The molecule has 0 radical (unpaired) electrons. The number of hydrogen-bond acceptors (Lipinski definition) is 4. The van der Waals surface area contributed by atoms with Crippen molar-refractivity contribution in [2.24, 2.45) is 0 Å². The number of aromatic nitrogens is 1. The summed E-state index contributed by atoms with van der Waals surface area (Å²) in [5.74, 6) is 0. The van der Waals surface area contributed by atoms with E-state index in [0.717, 1.165) is 16.9 Å². The molecular weight excluding hydrogens is 354 g/mol. The first-order chi connectivity index (χ1) is 12.1. The first-order valence-electron chi connectivity index (χ1n) is 7.23. The standard InChI is InChI=1S/C19H10ClN3OS/c20-15-6-4-5-13(9-15)10-17-18(24)23(16-7-2-1-3-8-16)19(25-17)14(11-21)12-22/h1-10H/b17-10-. The topological polar surface area (TPSA) is 69.6 Å². The molecule has 6 heteroatoms. The summed E-state index contributed by atoms with van der Waals surface area (Å²) in [6, 6.07) is 19.8. The van der Waals surface area contributed by atoms with E-state index < -0.39 is 0 Å². The van der Waals surface area contributed by atoms with Gasteiger partial charge in [0.1, 0.15) is 16.8 Å². The molecule has 0 amide bonds. The number of para-hydroxylation sites is 1. The molecule has 1 heterocycles. The van der Waals surface area contributed by atoms with Crippen LogP contribution in [-0.2, 0) is 0 Å². The van der Waals surface area contributed by atoms with Crippen LogP contribution in [0.4, 0.5) is 0 Å². The molecule has 0 bridgehead atoms. The molecule has 25 heavy (non-hydrogen) atoms. The second-order valence-corrected chi connectivity index (χ2v) is 6.51. The van der Waals surface area contributed by atoms with Gasteiger partial charge >= 0.3 is 0 Å². The molecular formula is C19H10ClN3OS. The first-order valence-corrected chi connectivity index (χ1v) is 8.42. The number of thiazole rings is 1. The lowest BCUT2D eigenvalue weighted by atomic mass is 10.2. The number of rotatable bonds is 2. The second-order valence-electron chi connectivity index (χ2n) is 5.05. The van der Waals surface area contributed by atoms with Crippen LogP contribution in [0, 0.1) is 22.7 Å². The van der Waals surface area contributed by atoms with E-state index >= 15 is 0 Å². The van der Waals surface area contributed by atoms with Crippen molar-refractivity contribution in [1.29, 1.82) is 10.5 Å². The maximum absolute atomic E-state index is 12.9. The molecule has 0 spiro atoms. The maximum atomic E-state index is 12.9. The van der Waals surface area contributed by atoms with Crippen molar-refractivity contribution < 1.29 is 0 Å². The summed E-state index contributed by atoms with van der Waals surface area (Å²) in [5.41, 5.74) is 0.992. The molecule has 3 aromatic rings. The van der Waals surface area contributed by atoms with E-state index in [9.17, 15) is 15.3 Å². The van der Waals surface area contributed by atoms with Gasteiger partial charge in [0.15, 0.2) is 5.57 Å². The van der Waals surface area contributed by atoms with E-state index in [1.54, 1.807) is 48.5 Å². The van der Waals surface area contributed by atoms with E-state index in [0.29, 0.717) is 19.9 Å². The maximum Gasteiger partial charge on any atom is 0.273 e. The van der Waals surface area contributed by atoms with Crippen LogP contribution in [0.25, 0.3) is 17.3 Å². The smallest absolute Gasteiger partial charge is 0.267 e. The normalized spacial score (nSPS) is 10.9. The Morgan fingerprint density at radius 3 is 2.44 bits per heavy atom. The van der Waals surface area contributed by atoms with Crippen molar-refractivity contribution in [2.45, 2.75) is 0 Å². The molecule has 0 aliphatic heterocycles. The lowest BCUT2D eigenvalue weighted by Crippen LogP contribution is -2.30. The van der Waals surface area contributed by atoms with Crippen LogP contribution in [0.15, 0.2) is 59.4 Å². The van der Waals surface area contributed by atoms with Gasteiger partial charge in [-0.05, 0) is 35.9 Å². The molecule has 0 atom stereocenters. The quantitative estimate of drug-likeness (QED) is 0.702. The SMILES string of the molecule is N#CC(C#N)=c1s/c(=C\c2cccc(Cl)c2)c(=O)n1-c1ccccc1. The Kier molecular flexibility index (Phi) is 4.81. The molecule has 0 N–H and O–H groups in total. The minimum Gasteiger partial charge on any atom is -0.267 e. The van der Waals surface area contributed by atoms with E-state index in [4.69, 9.17) is 11.6 Å². The zero-order valence-electron chi connectivity index (χ0n) is 12.8. The van der Waals surface area contributed by atoms with Crippen molar-refractivity contribution >= 4 is 34.6 Å². The van der Waals surface area contributed by atoms with E-state index in [1.165, 1.54) is 4.57 Å². The Labute approximate surface area is 152 Å². The Morgan fingerprint density at radius 2 is 1.80 bits per heavy atom. The number of nitriles is 2. The van der Waals surface area contributed by atoms with Crippen molar-refractivity contribution in [3.8, 4) is 17.8 Å². The summed E-state index contributed by atoms with van der Waals surface area (Å²) in [5, 5.41) is 19.0. The van der Waals surface area contributed by atoms with Crippen molar-refractivity contribution in [3.63, 3.8) is 0 Å². The molecule has 0 fully saturated rings. The highest BCUT2D eigenvalue weighted by Gasteiger charge is 2.10. The second kappa shape index (κ2) is 7.19. The minimum atomic E-state index is -0.283. The van der Waals surface area contributed by atoms with Crippen LogP contribution < -0.4 is 14.8 Å². The fraction of sp³-hybridized carbons (Fsp3) is 0. The van der Waals surface area contributed by atoms with Crippen LogP contribution in [0.3, 0.4) is 0 Å². The Bertz CT molecular complexity index is 1180. The molecule has 0 unspecified atom stereocenters. The van der Waals surface area contributed by atoms with Gasteiger partial charge in [0, 0.05) is 5.02 Å². The molecule has 4 nitrogen and oxygen atoms in total. The summed E-state index contributed by atoms with van der Waals surface area (Å²) in [6.45, 7) is 0. The van der Waals surface area contributed by atoms with Gasteiger partial charge in [-0.15, -0.1) is 11.3 Å². The van der Waals surface area contributed by atoms with Crippen molar-refractivity contribution in [3.05, 3.63) is 84.7 Å². The average molecular weight is 364 g/mol. The highest BCUT2D eigenvalue weighted by molar-refractivity contribution is 7.07. The molecule has 2 aromatic carbocycles. The summed E-state index contributed by atoms with van der Waals surface area (Å²) < 4.78 is 2.13. The van der Waals surface area contributed by atoms with E-state index in [1.807, 2.05) is 24.3 Å². The first kappa shape index (κ1) is 16.7. The van der Waals surface area contributed by atoms with Gasteiger partial charge in [-0.1, -0.05) is 41.9 Å². The largest absolute Gasteiger partial charge is 0.273 e. The molecule has 0 saturated carbocycles. The van der Waals surface area contributed by atoms with Crippen molar-refractivity contribution in [2.75, 3.05) is 0 Å². The third-order valence-electron chi connectivity index (χ3n) is 3.42. The summed E-state index contributed by atoms with van der Waals surface area (Å²) >= 11 is 7.10. The molecule has 3 rings (SSSR count). The Balaban J connectivity index is 2.40. The van der Waals surface area contributed by atoms with Gasteiger partial charge in [-0.25, -0.2) is 0 Å². The number of nitrogens with zero attached hydrogens (tertiary/aromatic N) is 3. The summed E-state index contributed by atoms with van der Waals surface area (Å²) in [7, 11) is 0. The van der Waals surface area contributed by atoms with E-state index in [2.05, 4.69) is 0 Å². The molecule has 120 valence electrons. The van der Waals surface area contributed by atoms with Crippen LogP contribution in [0.1, 0.15) is 5.56 Å². The number of halogens is 1. The Morgan fingerprint density at radius 1 is 1.08 bits per heavy atom.